The molecular weight excluding hydrogens is 498 g/mol. The third-order valence-electron chi connectivity index (χ3n) is 8.37. The summed E-state index contributed by atoms with van der Waals surface area (Å²) in [7, 11) is 0. The van der Waals surface area contributed by atoms with E-state index in [9.17, 15) is 4.79 Å². The van der Waals surface area contributed by atoms with E-state index in [1.807, 2.05) is 4.90 Å². The number of β-lactam (4-membered cyclic amide) rings is 1. The summed E-state index contributed by atoms with van der Waals surface area (Å²) in [4.78, 5) is 14.1. The minimum absolute atomic E-state index is 0.0171. The van der Waals surface area contributed by atoms with E-state index in [1.165, 1.54) is 50.1 Å². The maximum atomic E-state index is 12.2. The second-order valence-electron chi connectivity index (χ2n) is 14.6. The normalized spacial score (nSPS) is 14.3. The summed E-state index contributed by atoms with van der Waals surface area (Å²) in [6, 6.07) is 31.3. The van der Waals surface area contributed by atoms with Crippen LogP contribution in [0.4, 0.5) is 5.69 Å². The summed E-state index contributed by atoms with van der Waals surface area (Å²) in [6.45, 7) is 21.5. The van der Waals surface area contributed by atoms with Crippen molar-refractivity contribution in [2.24, 2.45) is 0 Å². The van der Waals surface area contributed by atoms with E-state index in [1.54, 1.807) is 0 Å². The van der Waals surface area contributed by atoms with E-state index < -0.39 is 0 Å². The summed E-state index contributed by atoms with van der Waals surface area (Å²) in [5.41, 5.74) is 12.4. The number of carbonyl (C=O) groups is 1. The molecule has 41 heavy (non-hydrogen) atoms. The molecule has 0 saturated carbocycles. The van der Waals surface area contributed by atoms with Crippen LogP contribution >= 0.6 is 0 Å². The molecule has 0 unspecified atom stereocenters. The van der Waals surface area contributed by atoms with Gasteiger partial charge in [-0.3, -0.25) is 4.79 Å². The van der Waals surface area contributed by atoms with Crippen LogP contribution in [0.25, 0.3) is 33.4 Å². The maximum absolute atomic E-state index is 12.2. The van der Waals surface area contributed by atoms with Crippen LogP contribution in [-0.4, -0.2) is 12.5 Å². The molecule has 2 nitrogen and oxygen atoms in total. The average molecular weight is 544 g/mol. The van der Waals surface area contributed by atoms with Gasteiger partial charge in [0.1, 0.15) is 0 Å². The third kappa shape index (κ3) is 5.62. The highest BCUT2D eigenvalue weighted by Gasteiger charge is 2.29. The Kier molecular flexibility index (Phi) is 7.26. The lowest BCUT2D eigenvalue weighted by Gasteiger charge is -2.31. The van der Waals surface area contributed by atoms with Crippen LogP contribution in [0.1, 0.15) is 85.4 Å². The molecule has 0 spiro atoms. The summed E-state index contributed by atoms with van der Waals surface area (Å²) in [5, 5.41) is 0. The van der Waals surface area contributed by atoms with Gasteiger partial charge in [0.2, 0.25) is 5.91 Å². The highest BCUT2D eigenvalue weighted by atomic mass is 16.2. The van der Waals surface area contributed by atoms with Gasteiger partial charge < -0.3 is 4.90 Å². The summed E-state index contributed by atoms with van der Waals surface area (Å²) < 4.78 is 0. The number of benzene rings is 4. The first-order valence-corrected chi connectivity index (χ1v) is 15.0. The number of amides is 1. The first kappa shape index (κ1) is 28.9. The van der Waals surface area contributed by atoms with E-state index in [2.05, 4.69) is 147 Å². The maximum Gasteiger partial charge on any atom is 0.228 e. The molecule has 1 aliphatic rings. The van der Waals surface area contributed by atoms with Crippen LogP contribution in [0.2, 0.25) is 0 Å². The molecular formula is C39H45NO. The van der Waals surface area contributed by atoms with Gasteiger partial charge in [-0.1, -0.05) is 123 Å². The number of hydrogen-bond donors (Lipinski definition) is 0. The molecule has 1 fully saturated rings. The lowest BCUT2D eigenvalue weighted by molar-refractivity contribution is -0.122. The Morgan fingerprint density at radius 1 is 0.561 bits per heavy atom. The predicted octanol–water partition coefficient (Wildman–Crippen LogP) is 10.3. The smallest absolute Gasteiger partial charge is 0.228 e. The Labute approximate surface area is 247 Å². The fourth-order valence-electron chi connectivity index (χ4n) is 5.95. The van der Waals surface area contributed by atoms with Crippen LogP contribution < -0.4 is 4.90 Å². The van der Waals surface area contributed by atoms with Gasteiger partial charge in [0.25, 0.3) is 0 Å². The molecule has 0 bridgehead atoms. The van der Waals surface area contributed by atoms with Gasteiger partial charge >= 0.3 is 0 Å². The van der Waals surface area contributed by atoms with E-state index in [-0.39, 0.29) is 22.2 Å². The molecule has 0 aromatic heterocycles. The quantitative estimate of drug-likeness (QED) is 0.234. The zero-order valence-corrected chi connectivity index (χ0v) is 26.4. The Balaban J connectivity index is 1.90. The number of carbonyl (C=O) groups excluding carboxylic acids is 1. The minimum Gasteiger partial charge on any atom is -0.312 e. The standard InChI is InChI=1S/C39H45NO/c1-37(2,3)27-24-31(29-14-10-12-16-33(29)38(4,5)6)36(26-18-20-28(21-19-26)40-23-22-35(40)41)32(25-27)30-15-11-13-17-34(30)39(7,8)9/h10-21,24-25H,22-23H2,1-9H3. The van der Waals surface area contributed by atoms with Crippen LogP contribution in [0.5, 0.6) is 0 Å². The van der Waals surface area contributed by atoms with Crippen molar-refractivity contribution in [3.05, 3.63) is 102 Å². The molecule has 4 aromatic rings. The van der Waals surface area contributed by atoms with Gasteiger partial charge in [-0.15, -0.1) is 0 Å². The lowest BCUT2D eigenvalue weighted by Crippen LogP contribution is -2.43. The van der Waals surface area contributed by atoms with E-state index in [4.69, 9.17) is 0 Å². The molecule has 5 rings (SSSR count). The van der Waals surface area contributed by atoms with Gasteiger partial charge in [-0.05, 0) is 90.6 Å². The number of nitrogens with zero attached hydrogens (tertiary/aromatic N) is 1. The molecule has 1 saturated heterocycles. The molecule has 0 aliphatic carbocycles. The zero-order valence-electron chi connectivity index (χ0n) is 26.4. The number of hydrogen-bond acceptors (Lipinski definition) is 1. The largest absolute Gasteiger partial charge is 0.312 e. The fourth-order valence-corrected chi connectivity index (χ4v) is 5.95. The van der Waals surface area contributed by atoms with Crippen molar-refractivity contribution in [3.63, 3.8) is 0 Å². The van der Waals surface area contributed by atoms with Crippen molar-refractivity contribution in [1.82, 2.24) is 0 Å². The van der Waals surface area contributed by atoms with Crippen molar-refractivity contribution in [2.45, 2.75) is 85.0 Å². The van der Waals surface area contributed by atoms with Crippen LogP contribution in [0.15, 0.2) is 84.9 Å². The monoisotopic (exact) mass is 543 g/mol. The average Bonchev–Trinajstić information content (AvgIpc) is 2.90. The molecule has 0 atom stereocenters. The van der Waals surface area contributed by atoms with Crippen LogP contribution in [-0.2, 0) is 21.0 Å². The molecule has 1 amide bonds. The Morgan fingerprint density at radius 3 is 1.39 bits per heavy atom. The zero-order chi connectivity index (χ0) is 29.7. The van der Waals surface area contributed by atoms with E-state index in [0.29, 0.717) is 6.42 Å². The molecule has 0 N–H and O–H groups in total. The van der Waals surface area contributed by atoms with Crippen molar-refractivity contribution in [1.29, 1.82) is 0 Å². The van der Waals surface area contributed by atoms with Gasteiger partial charge in [0.15, 0.2) is 0 Å². The van der Waals surface area contributed by atoms with Gasteiger partial charge in [-0.2, -0.15) is 0 Å². The van der Waals surface area contributed by atoms with E-state index in [0.717, 1.165) is 12.2 Å². The van der Waals surface area contributed by atoms with Crippen LogP contribution in [0, 0.1) is 0 Å². The summed E-state index contributed by atoms with van der Waals surface area (Å²) in [5.74, 6) is 0.201. The number of rotatable bonds is 4. The topological polar surface area (TPSA) is 20.3 Å². The summed E-state index contributed by atoms with van der Waals surface area (Å²) in [6.07, 6.45) is 0.636. The summed E-state index contributed by atoms with van der Waals surface area (Å²) >= 11 is 0. The van der Waals surface area contributed by atoms with Gasteiger partial charge in [-0.25, -0.2) is 0 Å². The molecule has 1 aliphatic heterocycles. The van der Waals surface area contributed by atoms with Crippen molar-refractivity contribution >= 4 is 11.6 Å². The third-order valence-corrected chi connectivity index (χ3v) is 8.37. The predicted molar refractivity (Wildman–Crippen MR) is 176 cm³/mol. The highest BCUT2D eigenvalue weighted by Crippen LogP contribution is 2.47. The second kappa shape index (κ2) is 10.3. The molecule has 4 aromatic carbocycles. The van der Waals surface area contributed by atoms with Crippen LogP contribution in [0.3, 0.4) is 0 Å². The fraction of sp³-hybridized carbons (Fsp3) is 0.359. The van der Waals surface area contributed by atoms with Gasteiger partial charge in [0.05, 0.1) is 0 Å². The molecule has 1 heterocycles. The van der Waals surface area contributed by atoms with E-state index >= 15 is 0 Å². The molecule has 212 valence electrons. The second-order valence-corrected chi connectivity index (χ2v) is 14.6. The highest BCUT2D eigenvalue weighted by molar-refractivity contribution is 6.00. The first-order chi connectivity index (χ1) is 19.2. The Bertz CT molecular complexity index is 1510. The van der Waals surface area contributed by atoms with Crippen molar-refractivity contribution < 1.29 is 4.79 Å². The van der Waals surface area contributed by atoms with Crippen molar-refractivity contribution in [3.8, 4) is 33.4 Å². The SMILES string of the molecule is CC(C)(C)c1cc(-c2ccccc2C(C)(C)C)c(-c2ccc(N3CCC3=O)cc2)c(-c2ccccc2C(C)(C)C)c1. The van der Waals surface area contributed by atoms with Gasteiger partial charge in [0, 0.05) is 18.7 Å². The molecule has 2 heteroatoms. The number of anilines is 1. The van der Waals surface area contributed by atoms with Crippen molar-refractivity contribution in [2.75, 3.05) is 11.4 Å². The molecule has 0 radical (unpaired) electrons. The minimum atomic E-state index is -0.0307. The lowest BCUT2D eigenvalue weighted by atomic mass is 9.74. The Hall–Kier alpha value is -3.65. The first-order valence-electron chi connectivity index (χ1n) is 15.0. The Morgan fingerprint density at radius 2 is 1.02 bits per heavy atom.